The number of aromatic nitrogens is 2. The Kier molecular flexibility index (Phi) is 9.45. The average Bonchev–Trinajstić information content (AvgIpc) is 3.28. The number of ether oxygens (including phenoxy) is 2. The first kappa shape index (κ1) is 26.0. The molecule has 3 aromatic rings. The Bertz CT molecular complexity index is 1160. The lowest BCUT2D eigenvalue weighted by Crippen LogP contribution is -2.43. The number of morpholine rings is 1. The Hall–Kier alpha value is -2.11. The van der Waals surface area contributed by atoms with Crippen molar-refractivity contribution in [2.75, 3.05) is 59.2 Å². The molecule has 1 atom stereocenters. The van der Waals surface area contributed by atoms with Crippen molar-refractivity contribution in [2.45, 2.75) is 12.6 Å². The van der Waals surface area contributed by atoms with Crippen LogP contribution in [0.15, 0.2) is 47.1 Å². The fourth-order valence-corrected chi connectivity index (χ4v) is 5.20. The molecule has 0 saturated carbocycles. The third-order valence-electron chi connectivity index (χ3n) is 5.87. The summed E-state index contributed by atoms with van der Waals surface area (Å²) in [5.41, 5.74) is 1.61. The van der Waals surface area contributed by atoms with Gasteiger partial charge in [0, 0.05) is 48.7 Å². The summed E-state index contributed by atoms with van der Waals surface area (Å²) in [4.78, 5) is 25.9. The number of fused-ring (bicyclic) bond motifs is 1. The zero-order valence-electron chi connectivity index (χ0n) is 19.6. The first-order valence-electron chi connectivity index (χ1n) is 11.7. The van der Waals surface area contributed by atoms with E-state index in [1.54, 1.807) is 6.08 Å². The lowest BCUT2D eigenvalue weighted by atomic mass is 10.1. The molecule has 8 nitrogen and oxygen atoms in total. The number of aliphatic hydroxyl groups excluding tert-OH is 1. The van der Waals surface area contributed by atoms with Crippen LogP contribution in [0.4, 0.5) is 0 Å². The molecule has 0 radical (unpaired) electrons. The van der Waals surface area contributed by atoms with Crippen molar-refractivity contribution in [3.63, 3.8) is 0 Å². The lowest BCUT2D eigenvalue weighted by Gasteiger charge is -2.30. The molecule has 0 spiro atoms. The second-order valence-electron chi connectivity index (χ2n) is 8.52. The number of benzene rings is 1. The summed E-state index contributed by atoms with van der Waals surface area (Å²) in [6, 6.07) is 7.43. The van der Waals surface area contributed by atoms with E-state index in [2.05, 4.69) is 21.4 Å². The van der Waals surface area contributed by atoms with Gasteiger partial charge in [0.15, 0.2) is 0 Å². The molecular formula is C25H31ClN4O4S. The van der Waals surface area contributed by atoms with E-state index >= 15 is 0 Å². The van der Waals surface area contributed by atoms with Crippen LogP contribution in [0.2, 0.25) is 5.02 Å². The number of hydrogen-bond acceptors (Lipinski definition) is 8. The number of aromatic amines is 1. The largest absolute Gasteiger partial charge is 0.389 e. The van der Waals surface area contributed by atoms with E-state index in [9.17, 15) is 9.90 Å². The molecule has 0 amide bonds. The van der Waals surface area contributed by atoms with Crippen LogP contribution in [0.5, 0.6) is 0 Å². The van der Waals surface area contributed by atoms with Crippen LogP contribution in [0.1, 0.15) is 5.82 Å². The number of hydrogen-bond donors (Lipinski definition) is 2. The highest BCUT2D eigenvalue weighted by molar-refractivity contribution is 7.17. The highest BCUT2D eigenvalue weighted by Gasteiger charge is 2.19. The number of halogens is 1. The van der Waals surface area contributed by atoms with Crippen molar-refractivity contribution >= 4 is 33.2 Å². The van der Waals surface area contributed by atoms with Crippen molar-refractivity contribution in [3.05, 3.63) is 63.5 Å². The van der Waals surface area contributed by atoms with E-state index in [1.165, 1.54) is 11.3 Å². The van der Waals surface area contributed by atoms with Gasteiger partial charge in [-0.3, -0.25) is 14.6 Å². The number of nitrogens with zero attached hydrogens (tertiary/aromatic N) is 3. The minimum absolute atomic E-state index is 0.167. The van der Waals surface area contributed by atoms with Gasteiger partial charge in [0.05, 0.1) is 44.5 Å². The van der Waals surface area contributed by atoms with E-state index in [1.807, 2.05) is 29.6 Å². The number of rotatable bonds is 12. The molecule has 4 rings (SSSR count). The van der Waals surface area contributed by atoms with Crippen LogP contribution in [0, 0.1) is 0 Å². The van der Waals surface area contributed by atoms with Gasteiger partial charge in [0.1, 0.15) is 10.7 Å². The van der Waals surface area contributed by atoms with E-state index in [0.29, 0.717) is 40.8 Å². The molecule has 1 saturated heterocycles. The SMILES string of the molecule is C=CCOCC(O)CN(CCN1CCOCC1)Cc1nc2scc(-c3ccc(Cl)cc3)c2c(=O)[nH]1. The van der Waals surface area contributed by atoms with Gasteiger partial charge in [-0.1, -0.05) is 29.8 Å². The highest BCUT2D eigenvalue weighted by atomic mass is 35.5. The molecule has 2 N–H and O–H groups in total. The molecule has 188 valence electrons. The Labute approximate surface area is 213 Å². The summed E-state index contributed by atoms with van der Waals surface area (Å²) in [6.07, 6.45) is 1.000. The third kappa shape index (κ3) is 7.20. The normalized spacial score (nSPS) is 15.6. The summed E-state index contributed by atoms with van der Waals surface area (Å²) >= 11 is 7.47. The minimum atomic E-state index is -0.659. The average molecular weight is 519 g/mol. The van der Waals surface area contributed by atoms with Gasteiger partial charge in [-0.2, -0.15) is 0 Å². The number of thiophene rings is 1. The van der Waals surface area contributed by atoms with E-state index in [-0.39, 0.29) is 12.2 Å². The standard InChI is InChI=1S/C25H31ClN4O4S/c1-2-11-34-16-20(31)14-30(8-7-29-9-12-33-13-10-29)15-22-27-24(32)23-21(17-35-25(23)28-22)18-3-5-19(26)6-4-18/h2-6,17,20,31H,1,7-16H2,(H,27,28,32). The molecule has 1 aromatic carbocycles. The maximum Gasteiger partial charge on any atom is 0.260 e. The van der Waals surface area contributed by atoms with Crippen LogP contribution in [0.25, 0.3) is 21.3 Å². The van der Waals surface area contributed by atoms with Crippen LogP contribution in [-0.4, -0.2) is 90.1 Å². The smallest absolute Gasteiger partial charge is 0.260 e. The van der Waals surface area contributed by atoms with Gasteiger partial charge in [-0.05, 0) is 17.7 Å². The second-order valence-corrected chi connectivity index (χ2v) is 9.81. The Morgan fingerprint density at radius 3 is 2.86 bits per heavy atom. The first-order valence-corrected chi connectivity index (χ1v) is 12.9. The quantitative estimate of drug-likeness (QED) is 0.281. The third-order valence-corrected chi connectivity index (χ3v) is 7.00. The topological polar surface area (TPSA) is 90.9 Å². The maximum atomic E-state index is 13.1. The molecular weight excluding hydrogens is 488 g/mol. The van der Waals surface area contributed by atoms with Crippen molar-refractivity contribution in [2.24, 2.45) is 0 Å². The lowest BCUT2D eigenvalue weighted by molar-refractivity contribution is 0.0124. The van der Waals surface area contributed by atoms with Crippen LogP contribution >= 0.6 is 22.9 Å². The predicted molar refractivity (Wildman–Crippen MR) is 140 cm³/mol. The summed E-state index contributed by atoms with van der Waals surface area (Å²) in [7, 11) is 0. The Morgan fingerprint density at radius 1 is 1.34 bits per heavy atom. The summed E-state index contributed by atoms with van der Waals surface area (Å²) < 4.78 is 10.9. The minimum Gasteiger partial charge on any atom is -0.389 e. The van der Waals surface area contributed by atoms with Gasteiger partial charge in [0.2, 0.25) is 0 Å². The molecule has 1 unspecified atom stereocenters. The molecule has 1 aliphatic heterocycles. The van der Waals surface area contributed by atoms with Crippen molar-refractivity contribution in [1.82, 2.24) is 19.8 Å². The fraction of sp³-hybridized carbons (Fsp3) is 0.440. The van der Waals surface area contributed by atoms with E-state index in [4.69, 9.17) is 26.1 Å². The van der Waals surface area contributed by atoms with E-state index < -0.39 is 6.10 Å². The molecule has 35 heavy (non-hydrogen) atoms. The van der Waals surface area contributed by atoms with Crippen LogP contribution < -0.4 is 5.56 Å². The predicted octanol–water partition coefficient (Wildman–Crippen LogP) is 3.00. The Balaban J connectivity index is 1.50. The summed E-state index contributed by atoms with van der Waals surface area (Å²) in [5, 5.41) is 13.7. The molecule has 2 aromatic heterocycles. The fourth-order valence-electron chi connectivity index (χ4n) is 4.10. The second kappa shape index (κ2) is 12.7. The van der Waals surface area contributed by atoms with Crippen molar-refractivity contribution < 1.29 is 14.6 Å². The highest BCUT2D eigenvalue weighted by Crippen LogP contribution is 2.31. The van der Waals surface area contributed by atoms with Crippen LogP contribution in [0.3, 0.4) is 0 Å². The van der Waals surface area contributed by atoms with Gasteiger partial charge < -0.3 is 19.6 Å². The van der Waals surface area contributed by atoms with E-state index in [0.717, 1.165) is 50.5 Å². The molecule has 0 bridgehead atoms. The monoisotopic (exact) mass is 518 g/mol. The van der Waals surface area contributed by atoms with Crippen LogP contribution in [-0.2, 0) is 16.0 Å². The van der Waals surface area contributed by atoms with Gasteiger partial charge in [0.25, 0.3) is 5.56 Å². The molecule has 0 aliphatic carbocycles. The van der Waals surface area contributed by atoms with Crippen molar-refractivity contribution in [1.29, 1.82) is 0 Å². The molecule has 3 heterocycles. The summed E-state index contributed by atoms with van der Waals surface area (Å²) in [6.45, 7) is 9.89. The van der Waals surface area contributed by atoms with Gasteiger partial charge in [-0.25, -0.2) is 4.98 Å². The number of nitrogens with one attached hydrogen (secondary N) is 1. The zero-order chi connectivity index (χ0) is 24.6. The molecule has 10 heteroatoms. The maximum absolute atomic E-state index is 13.1. The Morgan fingerprint density at radius 2 is 2.11 bits per heavy atom. The first-order chi connectivity index (χ1) is 17.0. The molecule has 1 fully saturated rings. The molecule has 1 aliphatic rings. The van der Waals surface area contributed by atoms with Gasteiger partial charge in [-0.15, -0.1) is 17.9 Å². The van der Waals surface area contributed by atoms with Crippen molar-refractivity contribution in [3.8, 4) is 11.1 Å². The summed E-state index contributed by atoms with van der Waals surface area (Å²) in [5.74, 6) is 0.577. The number of aliphatic hydroxyl groups is 1. The zero-order valence-corrected chi connectivity index (χ0v) is 21.2. The number of H-pyrrole nitrogens is 1. The van der Waals surface area contributed by atoms with Gasteiger partial charge >= 0.3 is 0 Å².